The topological polar surface area (TPSA) is 104 Å². The Bertz CT molecular complexity index is 1160. The minimum absolute atomic E-state index is 0.0142. The first-order chi connectivity index (χ1) is 11.6. The number of nitrogens with one attached hydrogen (secondary N) is 1. The largest absolute Gasteiger partial charge is 0.504 e. The van der Waals surface area contributed by atoms with E-state index < -0.39 is 0 Å². The molecule has 0 atom stereocenters. The summed E-state index contributed by atoms with van der Waals surface area (Å²) in [6.45, 7) is 0. The predicted molar refractivity (Wildman–Crippen MR) is 89.5 cm³/mol. The zero-order valence-corrected chi connectivity index (χ0v) is 13.0. The van der Waals surface area contributed by atoms with Crippen LogP contribution < -0.4 is 0 Å². The van der Waals surface area contributed by atoms with Crippen molar-refractivity contribution >= 4 is 39.7 Å². The first-order valence-corrected chi connectivity index (χ1v) is 8.19. The Kier molecular flexibility index (Phi) is 2.53. The number of aromatic nitrogens is 4. The van der Waals surface area contributed by atoms with Gasteiger partial charge >= 0.3 is 0 Å². The van der Waals surface area contributed by atoms with Crippen LogP contribution in [0.2, 0.25) is 0 Å². The number of nitrogens with zero attached hydrogens (tertiary/aromatic N) is 3. The fourth-order valence-electron chi connectivity index (χ4n) is 3.12. The molecule has 0 spiro atoms. The molecule has 118 valence electrons. The van der Waals surface area contributed by atoms with E-state index in [9.17, 15) is 15.0 Å². The van der Waals surface area contributed by atoms with Crippen molar-refractivity contribution in [2.75, 3.05) is 5.75 Å². The van der Waals surface area contributed by atoms with E-state index >= 15 is 0 Å². The highest BCUT2D eigenvalue weighted by atomic mass is 32.2. The zero-order valence-electron chi connectivity index (χ0n) is 12.1. The van der Waals surface area contributed by atoms with Crippen LogP contribution in [-0.4, -0.2) is 41.4 Å². The Morgan fingerprint density at radius 3 is 3.00 bits per heavy atom. The van der Waals surface area contributed by atoms with E-state index in [1.807, 2.05) is 6.07 Å². The van der Waals surface area contributed by atoms with Crippen molar-refractivity contribution in [3.8, 4) is 22.6 Å². The maximum Gasteiger partial charge on any atom is 0.243 e. The molecule has 7 nitrogen and oxygen atoms in total. The number of hydrogen-bond acceptors (Lipinski definition) is 6. The number of rotatable bonds is 1. The van der Waals surface area contributed by atoms with Gasteiger partial charge in [-0.15, -0.1) is 0 Å². The molecule has 0 saturated carbocycles. The molecule has 1 aliphatic rings. The summed E-state index contributed by atoms with van der Waals surface area (Å²) in [5.41, 5.74) is 3.43. The molecule has 5 rings (SSSR count). The molecule has 3 N–H and O–H groups in total. The van der Waals surface area contributed by atoms with Gasteiger partial charge in [0, 0.05) is 11.6 Å². The molecule has 1 aliphatic heterocycles. The molecular formula is C16H10N4O3S. The lowest BCUT2D eigenvalue weighted by atomic mass is 10.0. The van der Waals surface area contributed by atoms with E-state index in [1.54, 1.807) is 16.7 Å². The summed E-state index contributed by atoms with van der Waals surface area (Å²) >= 11 is 1.39. The van der Waals surface area contributed by atoms with Crippen LogP contribution in [-0.2, 0) is 0 Å². The third kappa shape index (κ3) is 1.60. The number of benzene rings is 2. The number of fused-ring (bicyclic) bond motifs is 4. The number of carbonyl (C=O) groups excluding carboxylic acids is 1. The summed E-state index contributed by atoms with van der Waals surface area (Å²) in [6, 6.07) is 6.84. The summed E-state index contributed by atoms with van der Waals surface area (Å²) < 4.78 is 1.59. The average Bonchev–Trinajstić information content (AvgIpc) is 3.25. The van der Waals surface area contributed by atoms with Crippen LogP contribution in [0, 0.1) is 0 Å². The van der Waals surface area contributed by atoms with Gasteiger partial charge in [0.15, 0.2) is 16.7 Å². The van der Waals surface area contributed by atoms with Crippen molar-refractivity contribution in [2.45, 2.75) is 5.16 Å². The molecule has 0 radical (unpaired) electrons. The Morgan fingerprint density at radius 2 is 2.12 bits per heavy atom. The maximum atomic E-state index is 12.1. The molecule has 0 bridgehead atoms. The lowest BCUT2D eigenvalue weighted by Gasteiger charge is -2.09. The van der Waals surface area contributed by atoms with Gasteiger partial charge in [0.1, 0.15) is 5.52 Å². The third-order valence-electron chi connectivity index (χ3n) is 4.16. The van der Waals surface area contributed by atoms with Crippen molar-refractivity contribution in [2.24, 2.45) is 0 Å². The first-order valence-electron chi connectivity index (χ1n) is 7.21. The highest BCUT2D eigenvalue weighted by molar-refractivity contribution is 8.00. The molecule has 3 heterocycles. The number of imidazole rings is 2. The van der Waals surface area contributed by atoms with Crippen molar-refractivity contribution in [3.05, 3.63) is 30.6 Å². The summed E-state index contributed by atoms with van der Waals surface area (Å²) in [6.07, 6.45) is 1.50. The van der Waals surface area contributed by atoms with Crippen LogP contribution in [0.5, 0.6) is 11.5 Å². The minimum Gasteiger partial charge on any atom is -0.504 e. The zero-order chi connectivity index (χ0) is 16.4. The van der Waals surface area contributed by atoms with Crippen molar-refractivity contribution in [1.29, 1.82) is 0 Å². The molecule has 8 heteroatoms. The van der Waals surface area contributed by atoms with Crippen molar-refractivity contribution in [1.82, 2.24) is 19.5 Å². The van der Waals surface area contributed by atoms with Crippen LogP contribution in [0.15, 0.2) is 35.7 Å². The third-order valence-corrected chi connectivity index (χ3v) is 5.09. The number of hydrogen-bond donors (Lipinski definition) is 3. The summed E-state index contributed by atoms with van der Waals surface area (Å²) in [7, 11) is 0. The standard InChI is InChI=1S/C16H10N4O3S/c21-10-4-8-14(18-6-17-8)12(15(10)23)7-2-1-3-9-13(7)19-16-20(9)11(22)5-24-16/h1-4,6,21,23H,5H2,(H,17,18). The molecule has 24 heavy (non-hydrogen) atoms. The van der Waals surface area contributed by atoms with Crippen LogP contribution in [0.3, 0.4) is 0 Å². The van der Waals surface area contributed by atoms with Gasteiger partial charge in [-0.1, -0.05) is 23.9 Å². The van der Waals surface area contributed by atoms with Crippen LogP contribution in [0.25, 0.3) is 33.2 Å². The number of phenolic OH excluding ortho intramolecular Hbond substituents is 2. The summed E-state index contributed by atoms with van der Waals surface area (Å²) in [4.78, 5) is 23.8. The second-order valence-electron chi connectivity index (χ2n) is 5.50. The van der Waals surface area contributed by atoms with Crippen LogP contribution in [0.4, 0.5) is 0 Å². The van der Waals surface area contributed by atoms with E-state index in [4.69, 9.17) is 0 Å². The van der Waals surface area contributed by atoms with Gasteiger partial charge in [0.05, 0.1) is 34.2 Å². The number of aromatic amines is 1. The minimum atomic E-state index is -0.255. The molecule has 2 aromatic heterocycles. The normalized spacial score (nSPS) is 13.9. The van der Waals surface area contributed by atoms with Gasteiger partial charge in [0.25, 0.3) is 0 Å². The molecule has 0 saturated heterocycles. The van der Waals surface area contributed by atoms with Gasteiger partial charge in [-0.25, -0.2) is 9.97 Å². The maximum absolute atomic E-state index is 12.1. The quantitative estimate of drug-likeness (QED) is 0.461. The van der Waals surface area contributed by atoms with E-state index in [-0.39, 0.29) is 17.4 Å². The van der Waals surface area contributed by atoms with Crippen LogP contribution >= 0.6 is 11.8 Å². The highest BCUT2D eigenvalue weighted by Crippen LogP contribution is 2.44. The molecular weight excluding hydrogens is 328 g/mol. The molecule has 0 amide bonds. The van der Waals surface area contributed by atoms with E-state index in [1.165, 1.54) is 24.2 Å². The number of aromatic hydroxyl groups is 2. The molecule has 0 unspecified atom stereocenters. The number of carbonyl (C=O) groups is 1. The number of thioether (sulfide) groups is 1. The second kappa shape index (κ2) is 4.51. The monoisotopic (exact) mass is 338 g/mol. The number of para-hydroxylation sites is 1. The van der Waals surface area contributed by atoms with E-state index in [2.05, 4.69) is 15.0 Å². The molecule has 0 fully saturated rings. The number of H-pyrrole nitrogens is 1. The van der Waals surface area contributed by atoms with Gasteiger partial charge in [-0.2, -0.15) is 0 Å². The van der Waals surface area contributed by atoms with Gasteiger partial charge in [-0.05, 0) is 6.07 Å². The molecule has 4 aromatic rings. The average molecular weight is 338 g/mol. The van der Waals surface area contributed by atoms with Gasteiger partial charge < -0.3 is 15.2 Å². The predicted octanol–water partition coefficient (Wildman–Crippen LogP) is 2.74. The van der Waals surface area contributed by atoms with E-state index in [0.717, 1.165) is 0 Å². The lowest BCUT2D eigenvalue weighted by Crippen LogP contribution is -2.05. The molecule has 2 aromatic carbocycles. The smallest absolute Gasteiger partial charge is 0.243 e. The lowest BCUT2D eigenvalue weighted by molar-refractivity contribution is 0.0944. The second-order valence-corrected chi connectivity index (χ2v) is 6.45. The number of phenols is 2. The Morgan fingerprint density at radius 1 is 1.25 bits per heavy atom. The highest BCUT2D eigenvalue weighted by Gasteiger charge is 2.27. The fraction of sp³-hybridized carbons (Fsp3) is 0.0625. The Hall–Kier alpha value is -3.00. The molecule has 0 aliphatic carbocycles. The Labute approximate surface area is 139 Å². The van der Waals surface area contributed by atoms with Gasteiger partial charge in [-0.3, -0.25) is 9.36 Å². The van der Waals surface area contributed by atoms with Crippen LogP contribution in [0.1, 0.15) is 4.79 Å². The first kappa shape index (κ1) is 13.4. The van der Waals surface area contributed by atoms with Crippen molar-refractivity contribution in [3.63, 3.8) is 0 Å². The fourth-order valence-corrected chi connectivity index (χ4v) is 3.99. The summed E-state index contributed by atoms with van der Waals surface area (Å²) in [5, 5.41) is 21.1. The Balaban J connectivity index is 1.92. The van der Waals surface area contributed by atoms with Gasteiger partial charge in [0.2, 0.25) is 5.91 Å². The summed E-state index contributed by atoms with van der Waals surface area (Å²) in [5.74, 6) is -0.131. The van der Waals surface area contributed by atoms with Crippen molar-refractivity contribution < 1.29 is 15.0 Å². The SMILES string of the molecule is O=C1CSc2nc3c(-c4c(O)c(O)cc5[nH]cnc45)cccc3n21. The van der Waals surface area contributed by atoms with E-state index in [0.29, 0.717) is 44.1 Å².